The number of sulfone groups is 1. The predicted octanol–water partition coefficient (Wildman–Crippen LogP) is 2.04. The Morgan fingerprint density at radius 1 is 1.22 bits per heavy atom. The summed E-state index contributed by atoms with van der Waals surface area (Å²) in [6, 6.07) is 0.878. The molecule has 142 valence electrons. The summed E-state index contributed by atoms with van der Waals surface area (Å²) in [7, 11) is 5.47. The van der Waals surface area contributed by atoms with E-state index in [4.69, 9.17) is 9.69 Å². The van der Waals surface area contributed by atoms with E-state index in [1.54, 1.807) is 14.1 Å². The zero-order valence-corrected chi connectivity index (χ0v) is 19.1. The molecule has 0 aromatic carbocycles. The van der Waals surface area contributed by atoms with Crippen LogP contribution in [0.2, 0.25) is 0 Å². The number of pyridine rings is 1. The molecule has 0 saturated heterocycles. The minimum absolute atomic E-state index is 0.00165. The molecule has 3 aromatic heterocycles. The Balaban J connectivity index is 2.32. The second kappa shape index (κ2) is 6.82. The SMILES string of the molecule is CCS(=O)(=O)c1c(-c2nc3cc(C(F)(F)F)cnc3n2C)n[c]([Zn][Cl])n1C. The van der Waals surface area contributed by atoms with E-state index < -0.39 is 37.7 Å². The number of hydrogen-bond donors (Lipinski definition) is 0. The van der Waals surface area contributed by atoms with Crippen molar-refractivity contribution in [2.24, 2.45) is 14.1 Å². The molecule has 3 heterocycles. The molecule has 3 aromatic rings. The van der Waals surface area contributed by atoms with Crippen molar-refractivity contribution in [2.75, 3.05) is 5.75 Å². The van der Waals surface area contributed by atoms with Gasteiger partial charge in [-0.05, 0) is 0 Å². The summed E-state index contributed by atoms with van der Waals surface area (Å²) in [6.07, 6.45) is -3.84. The Morgan fingerprint density at radius 3 is 2.44 bits per heavy atom. The van der Waals surface area contributed by atoms with Crippen molar-refractivity contribution in [1.82, 2.24) is 24.1 Å². The van der Waals surface area contributed by atoms with Gasteiger partial charge in [0.05, 0.1) is 0 Å². The first-order chi connectivity index (χ1) is 12.5. The van der Waals surface area contributed by atoms with Crippen LogP contribution in [0.25, 0.3) is 22.7 Å². The Labute approximate surface area is 164 Å². The van der Waals surface area contributed by atoms with E-state index in [2.05, 4.69) is 15.0 Å². The molecule has 0 saturated carbocycles. The maximum atomic E-state index is 12.9. The van der Waals surface area contributed by atoms with E-state index in [9.17, 15) is 21.6 Å². The average molecular weight is 473 g/mol. The fourth-order valence-electron chi connectivity index (χ4n) is 2.73. The molecule has 0 unspecified atom stereocenters. The molecule has 3 rings (SSSR count). The molecule has 7 nitrogen and oxygen atoms in total. The maximum absolute atomic E-state index is 12.9. The first-order valence-corrected chi connectivity index (χ1v) is 14.8. The summed E-state index contributed by atoms with van der Waals surface area (Å²) in [4.78, 5) is 12.4. The molecule has 0 radical (unpaired) electrons. The second-order valence-corrected chi connectivity index (χ2v) is 11.3. The van der Waals surface area contributed by atoms with Gasteiger partial charge in [-0.1, -0.05) is 0 Å². The van der Waals surface area contributed by atoms with Crippen molar-refractivity contribution in [3.63, 3.8) is 0 Å². The normalized spacial score (nSPS) is 12.6. The number of hydrogen-bond acceptors (Lipinski definition) is 5. The number of fused-ring (bicyclic) bond motifs is 1. The summed E-state index contributed by atoms with van der Waals surface area (Å²) < 4.78 is 67.3. The van der Waals surface area contributed by atoms with Crippen LogP contribution in [-0.2, 0) is 46.2 Å². The molecule has 0 bridgehead atoms. The van der Waals surface area contributed by atoms with Gasteiger partial charge >= 0.3 is 164 Å². The zero-order chi connectivity index (χ0) is 20.1. The van der Waals surface area contributed by atoms with Crippen molar-refractivity contribution < 1.29 is 37.7 Å². The van der Waals surface area contributed by atoms with E-state index in [1.165, 1.54) is 16.1 Å². The quantitative estimate of drug-likeness (QED) is 0.542. The Bertz CT molecular complexity index is 1140. The van der Waals surface area contributed by atoms with Crippen LogP contribution in [0.15, 0.2) is 17.3 Å². The number of halogens is 4. The van der Waals surface area contributed by atoms with Crippen LogP contribution in [0, 0.1) is 0 Å². The fraction of sp³-hybridized carbons (Fsp3) is 0.357. The van der Waals surface area contributed by atoms with Gasteiger partial charge in [-0.15, -0.1) is 0 Å². The van der Waals surface area contributed by atoms with Crippen LogP contribution >= 0.6 is 9.69 Å². The second-order valence-electron chi connectivity index (χ2n) is 5.84. The summed E-state index contributed by atoms with van der Waals surface area (Å²) in [6.45, 7) is 1.50. The van der Waals surface area contributed by atoms with E-state index in [0.29, 0.717) is 4.42 Å². The van der Waals surface area contributed by atoms with Crippen LogP contribution in [0.3, 0.4) is 0 Å². The molecular formula is C14H13ClF3N5O2SZn. The van der Waals surface area contributed by atoms with Gasteiger partial charge in [0, 0.05) is 0 Å². The molecule has 0 atom stereocenters. The summed E-state index contributed by atoms with van der Waals surface area (Å²) in [5, 5.41) is -0.0410. The standard InChI is InChI=1S/C14H13F3N5O2S.ClH.Zn/c1-4-25(23,24)13-10(19-7-21(13)2)12-20-9-5-8(14(15,16)17)6-18-11(9)22(12)3;;/h5-6H,4H2,1-3H3;1H;/q;;+1/p-1. The molecule has 0 aliphatic rings. The molecule has 0 fully saturated rings. The Morgan fingerprint density at radius 2 is 1.89 bits per heavy atom. The van der Waals surface area contributed by atoms with Gasteiger partial charge in [0.2, 0.25) is 0 Å². The predicted molar refractivity (Wildman–Crippen MR) is 88.9 cm³/mol. The molecule has 13 heteroatoms. The number of rotatable bonds is 4. The van der Waals surface area contributed by atoms with Gasteiger partial charge in [0.15, 0.2) is 0 Å². The van der Waals surface area contributed by atoms with E-state index in [-0.39, 0.29) is 33.5 Å². The van der Waals surface area contributed by atoms with Gasteiger partial charge in [-0.2, -0.15) is 0 Å². The number of aryl methyl sites for hydroxylation is 1. The van der Waals surface area contributed by atoms with Crippen LogP contribution in [0.4, 0.5) is 13.2 Å². The number of aromatic nitrogens is 5. The van der Waals surface area contributed by atoms with Crippen molar-refractivity contribution in [2.45, 2.75) is 18.1 Å². The molecule has 0 aliphatic heterocycles. The molecule has 0 amide bonds. The summed E-state index contributed by atoms with van der Waals surface area (Å²) in [5.74, 6) is -0.0347. The fourth-order valence-corrected chi connectivity index (χ4v) is 6.60. The Kier molecular flexibility index (Phi) is 5.11. The number of alkyl halides is 3. The van der Waals surface area contributed by atoms with Crippen molar-refractivity contribution in [1.29, 1.82) is 0 Å². The molecular weight excluding hydrogens is 460 g/mol. The van der Waals surface area contributed by atoms with Gasteiger partial charge in [0.25, 0.3) is 0 Å². The van der Waals surface area contributed by atoms with Gasteiger partial charge < -0.3 is 0 Å². The van der Waals surface area contributed by atoms with Crippen LogP contribution < -0.4 is 4.42 Å². The first kappa shape index (κ1) is 20.2. The van der Waals surface area contributed by atoms with Crippen LogP contribution in [0.5, 0.6) is 0 Å². The van der Waals surface area contributed by atoms with Crippen LogP contribution in [-0.4, -0.2) is 38.3 Å². The van der Waals surface area contributed by atoms with E-state index in [1.807, 2.05) is 0 Å². The van der Waals surface area contributed by atoms with E-state index in [0.717, 1.165) is 12.3 Å². The van der Waals surface area contributed by atoms with Crippen molar-refractivity contribution in [3.8, 4) is 11.5 Å². The van der Waals surface area contributed by atoms with Crippen molar-refractivity contribution >= 4 is 35.1 Å². The molecule has 0 N–H and O–H groups in total. The third-order valence-corrected chi connectivity index (χ3v) is 9.06. The summed E-state index contributed by atoms with van der Waals surface area (Å²) in [5.41, 5.74) is -0.660. The first-order valence-electron chi connectivity index (χ1n) is 7.75. The molecule has 27 heavy (non-hydrogen) atoms. The van der Waals surface area contributed by atoms with Gasteiger partial charge in [-0.25, -0.2) is 0 Å². The monoisotopic (exact) mass is 471 g/mol. The number of imidazole rings is 2. The molecule has 0 aliphatic carbocycles. The van der Waals surface area contributed by atoms with Gasteiger partial charge in [-0.3, -0.25) is 0 Å². The van der Waals surface area contributed by atoms with Crippen LogP contribution in [0.1, 0.15) is 12.5 Å². The third kappa shape index (κ3) is 3.38. The molecule has 0 spiro atoms. The van der Waals surface area contributed by atoms with E-state index >= 15 is 0 Å². The minimum atomic E-state index is -4.56. The van der Waals surface area contributed by atoms with Gasteiger partial charge in [0.1, 0.15) is 0 Å². The number of nitrogens with zero attached hydrogens (tertiary/aromatic N) is 5. The third-order valence-electron chi connectivity index (χ3n) is 4.18. The van der Waals surface area contributed by atoms with Crippen molar-refractivity contribution in [3.05, 3.63) is 17.8 Å². The summed E-state index contributed by atoms with van der Waals surface area (Å²) >= 11 is -1.76. The topological polar surface area (TPSA) is 82.7 Å². The zero-order valence-electron chi connectivity index (χ0n) is 14.5. The average Bonchev–Trinajstić information content (AvgIpc) is 3.11. The Hall–Kier alpha value is -1.52.